The second kappa shape index (κ2) is 6.40. The van der Waals surface area contributed by atoms with Crippen LogP contribution in [0.25, 0.3) is 0 Å². The van der Waals surface area contributed by atoms with Gasteiger partial charge in [-0.2, -0.15) is 0 Å². The lowest BCUT2D eigenvalue weighted by molar-refractivity contribution is 0.0698. The number of carbonyl (C=O) groups excluding carboxylic acids is 1. The van der Waals surface area contributed by atoms with Crippen molar-refractivity contribution in [2.75, 3.05) is 5.32 Å². The molecule has 1 heterocycles. The van der Waals surface area contributed by atoms with E-state index in [1.807, 2.05) is 6.07 Å². The van der Waals surface area contributed by atoms with Crippen molar-refractivity contribution < 1.29 is 14.7 Å². The van der Waals surface area contributed by atoms with Crippen molar-refractivity contribution >= 4 is 39.9 Å². The molecule has 0 saturated carbocycles. The average Bonchev–Trinajstić information content (AvgIpc) is 2.86. The minimum absolute atomic E-state index is 0.0721. The van der Waals surface area contributed by atoms with Gasteiger partial charge in [0.25, 0.3) is 0 Å². The van der Waals surface area contributed by atoms with Gasteiger partial charge in [0.2, 0.25) is 0 Å². The molecule has 0 spiro atoms. The molecule has 0 aliphatic carbocycles. The number of thiophene rings is 1. The molecule has 2 amide bonds. The van der Waals surface area contributed by atoms with Gasteiger partial charge in [0.05, 0.1) is 5.56 Å². The molecule has 2 rings (SSSR count). The van der Waals surface area contributed by atoms with Crippen LogP contribution in [0.3, 0.4) is 0 Å². The molecular formula is C13H11ClN2O3S. The molecule has 1 aromatic carbocycles. The van der Waals surface area contributed by atoms with Gasteiger partial charge in [-0.15, -0.1) is 11.3 Å². The summed E-state index contributed by atoms with van der Waals surface area (Å²) in [7, 11) is 0. The van der Waals surface area contributed by atoms with Gasteiger partial charge in [-0.3, -0.25) is 5.32 Å². The number of carboxylic acids is 1. The number of benzene rings is 1. The van der Waals surface area contributed by atoms with E-state index >= 15 is 0 Å². The van der Waals surface area contributed by atoms with Crippen LogP contribution in [0.15, 0.2) is 35.7 Å². The van der Waals surface area contributed by atoms with Gasteiger partial charge in [-0.05, 0) is 23.1 Å². The minimum atomic E-state index is -1.08. The Bertz CT molecular complexity index is 642. The van der Waals surface area contributed by atoms with E-state index in [9.17, 15) is 9.59 Å². The molecule has 0 atom stereocenters. The lowest BCUT2D eigenvalue weighted by Crippen LogP contribution is -2.28. The van der Waals surface area contributed by atoms with Crippen molar-refractivity contribution in [1.82, 2.24) is 5.32 Å². The molecule has 20 heavy (non-hydrogen) atoms. The summed E-state index contributed by atoms with van der Waals surface area (Å²) in [5, 5.41) is 16.5. The highest BCUT2D eigenvalue weighted by Gasteiger charge is 2.13. The number of aromatic carboxylic acids is 1. The molecule has 0 fully saturated rings. The van der Waals surface area contributed by atoms with Crippen molar-refractivity contribution in [3.8, 4) is 0 Å². The fourth-order valence-corrected chi connectivity index (χ4v) is 2.52. The van der Waals surface area contributed by atoms with Crippen LogP contribution in [0.1, 0.15) is 15.9 Å². The van der Waals surface area contributed by atoms with Gasteiger partial charge < -0.3 is 10.4 Å². The van der Waals surface area contributed by atoms with Crippen molar-refractivity contribution in [3.05, 3.63) is 51.9 Å². The maximum atomic E-state index is 11.7. The molecule has 0 aliphatic rings. The number of rotatable bonds is 4. The molecule has 0 bridgehead atoms. The summed E-state index contributed by atoms with van der Waals surface area (Å²) in [5.74, 6) is -1.08. The Labute approximate surface area is 124 Å². The maximum absolute atomic E-state index is 11.7. The Kier molecular flexibility index (Phi) is 4.60. The zero-order valence-electron chi connectivity index (χ0n) is 10.2. The number of anilines is 1. The second-order valence-electron chi connectivity index (χ2n) is 3.87. The molecule has 5 nitrogen and oxygen atoms in total. The summed E-state index contributed by atoms with van der Waals surface area (Å²) in [6, 6.07) is 8.12. The third-order valence-electron chi connectivity index (χ3n) is 2.52. The zero-order chi connectivity index (χ0) is 14.5. The minimum Gasteiger partial charge on any atom is -0.478 e. The maximum Gasteiger partial charge on any atom is 0.338 e. The molecule has 3 N–H and O–H groups in total. The van der Waals surface area contributed by atoms with E-state index in [2.05, 4.69) is 10.6 Å². The largest absolute Gasteiger partial charge is 0.478 e. The number of halogens is 1. The van der Waals surface area contributed by atoms with E-state index in [0.29, 0.717) is 10.0 Å². The normalized spacial score (nSPS) is 10.1. The Morgan fingerprint density at radius 3 is 2.70 bits per heavy atom. The summed E-state index contributed by atoms with van der Waals surface area (Å²) < 4.78 is 0. The Morgan fingerprint density at radius 1 is 1.25 bits per heavy atom. The van der Waals surface area contributed by atoms with Gasteiger partial charge in [0.1, 0.15) is 5.00 Å². The summed E-state index contributed by atoms with van der Waals surface area (Å²) in [6.45, 7) is 0.263. The zero-order valence-corrected chi connectivity index (χ0v) is 11.8. The van der Waals surface area contributed by atoms with Crippen molar-refractivity contribution in [2.45, 2.75) is 6.54 Å². The number of amides is 2. The van der Waals surface area contributed by atoms with Crippen LogP contribution in [-0.4, -0.2) is 17.1 Å². The van der Waals surface area contributed by atoms with Crippen LogP contribution >= 0.6 is 22.9 Å². The molecule has 0 radical (unpaired) electrons. The smallest absolute Gasteiger partial charge is 0.338 e. The van der Waals surface area contributed by atoms with Crippen LogP contribution in [0.2, 0.25) is 5.02 Å². The summed E-state index contributed by atoms with van der Waals surface area (Å²) in [5.41, 5.74) is 0.858. The highest BCUT2D eigenvalue weighted by molar-refractivity contribution is 7.14. The Hall–Kier alpha value is -2.05. The van der Waals surface area contributed by atoms with E-state index in [1.165, 1.54) is 6.07 Å². The first-order valence-corrected chi connectivity index (χ1v) is 6.92. The lowest BCUT2D eigenvalue weighted by Gasteiger charge is -2.08. The van der Waals surface area contributed by atoms with Gasteiger partial charge in [-0.1, -0.05) is 29.8 Å². The fourth-order valence-electron chi connectivity index (χ4n) is 1.54. The number of hydrogen-bond donors (Lipinski definition) is 3. The van der Waals surface area contributed by atoms with Crippen molar-refractivity contribution in [2.24, 2.45) is 0 Å². The number of nitrogens with one attached hydrogen (secondary N) is 2. The third-order valence-corrected chi connectivity index (χ3v) is 3.72. The molecule has 104 valence electrons. The number of carbonyl (C=O) groups is 2. The molecule has 0 saturated heterocycles. The molecule has 0 unspecified atom stereocenters. The fraction of sp³-hybridized carbons (Fsp3) is 0.0769. The van der Waals surface area contributed by atoms with Crippen LogP contribution in [-0.2, 0) is 6.54 Å². The SMILES string of the molecule is O=C(NCc1ccccc1Cl)Nc1sccc1C(=O)O. The van der Waals surface area contributed by atoms with Gasteiger partial charge in [0.15, 0.2) is 0 Å². The van der Waals surface area contributed by atoms with E-state index in [1.54, 1.807) is 23.6 Å². The summed E-state index contributed by atoms with van der Waals surface area (Å²) >= 11 is 7.12. The Balaban J connectivity index is 1.95. The van der Waals surface area contributed by atoms with Crippen LogP contribution < -0.4 is 10.6 Å². The van der Waals surface area contributed by atoms with Crippen LogP contribution in [0.4, 0.5) is 9.80 Å². The lowest BCUT2D eigenvalue weighted by atomic mass is 10.2. The van der Waals surface area contributed by atoms with Gasteiger partial charge in [-0.25, -0.2) is 9.59 Å². The Morgan fingerprint density at radius 2 is 2.00 bits per heavy atom. The van der Waals surface area contributed by atoms with Gasteiger partial charge >= 0.3 is 12.0 Å². The molecule has 2 aromatic rings. The predicted octanol–water partition coefficient (Wildman–Crippen LogP) is 3.42. The van der Waals surface area contributed by atoms with E-state index in [0.717, 1.165) is 16.9 Å². The first-order chi connectivity index (χ1) is 9.58. The van der Waals surface area contributed by atoms with E-state index < -0.39 is 12.0 Å². The van der Waals surface area contributed by atoms with Crippen LogP contribution in [0.5, 0.6) is 0 Å². The topological polar surface area (TPSA) is 78.4 Å². The quantitative estimate of drug-likeness (QED) is 0.809. The van der Waals surface area contributed by atoms with Crippen molar-refractivity contribution in [1.29, 1.82) is 0 Å². The highest BCUT2D eigenvalue weighted by atomic mass is 35.5. The molecule has 0 aliphatic heterocycles. The molecule has 1 aromatic heterocycles. The molecular weight excluding hydrogens is 300 g/mol. The highest BCUT2D eigenvalue weighted by Crippen LogP contribution is 2.23. The second-order valence-corrected chi connectivity index (χ2v) is 5.19. The standard InChI is InChI=1S/C13H11ClN2O3S/c14-10-4-2-1-3-8(10)7-15-13(19)16-11-9(12(17)18)5-6-20-11/h1-6H,7H2,(H,17,18)(H2,15,16,19). The van der Waals surface area contributed by atoms with Gasteiger partial charge in [0, 0.05) is 11.6 Å². The number of urea groups is 1. The summed E-state index contributed by atoms with van der Waals surface area (Å²) in [6.07, 6.45) is 0. The van der Waals surface area contributed by atoms with E-state index in [-0.39, 0.29) is 12.1 Å². The first-order valence-electron chi connectivity index (χ1n) is 5.67. The third kappa shape index (κ3) is 3.49. The average molecular weight is 311 g/mol. The van der Waals surface area contributed by atoms with Crippen LogP contribution in [0, 0.1) is 0 Å². The van der Waals surface area contributed by atoms with E-state index in [4.69, 9.17) is 16.7 Å². The predicted molar refractivity (Wildman–Crippen MR) is 78.6 cm³/mol. The van der Waals surface area contributed by atoms with Crippen molar-refractivity contribution in [3.63, 3.8) is 0 Å². The number of hydrogen-bond acceptors (Lipinski definition) is 3. The summed E-state index contributed by atoms with van der Waals surface area (Å²) in [4.78, 5) is 22.6. The first kappa shape index (κ1) is 14.4. The number of carboxylic acid groups (broad SMARTS) is 1. The monoisotopic (exact) mass is 310 g/mol. The molecule has 7 heteroatoms.